The van der Waals surface area contributed by atoms with Crippen LogP contribution in [0.25, 0.3) is 0 Å². The van der Waals surface area contributed by atoms with Crippen LogP contribution in [0, 0.1) is 5.82 Å². The summed E-state index contributed by atoms with van der Waals surface area (Å²) in [4.78, 5) is 0. The fourth-order valence-electron chi connectivity index (χ4n) is 1.29. The molecule has 1 unspecified atom stereocenters. The van der Waals surface area contributed by atoms with Gasteiger partial charge < -0.3 is 5.32 Å². The summed E-state index contributed by atoms with van der Waals surface area (Å²) < 4.78 is 14.2. The molecule has 0 heterocycles. The zero-order valence-electron chi connectivity index (χ0n) is 8.07. The monoisotopic (exact) mass is 279 g/mol. The Morgan fingerprint density at radius 3 is 2.79 bits per heavy atom. The van der Waals surface area contributed by atoms with Gasteiger partial charge in [-0.15, -0.1) is 0 Å². The molecule has 1 nitrogen and oxygen atoms in total. The molecule has 1 atom stereocenters. The number of rotatable bonds is 3. The van der Waals surface area contributed by atoms with E-state index in [4.69, 9.17) is 11.6 Å². The van der Waals surface area contributed by atoms with Crippen molar-refractivity contribution in [3.05, 3.63) is 33.0 Å². The van der Waals surface area contributed by atoms with Crippen LogP contribution in [0.3, 0.4) is 0 Å². The number of hydrogen-bond donors (Lipinski definition) is 1. The molecule has 1 aromatic carbocycles. The molecule has 0 saturated heterocycles. The predicted octanol–water partition coefficient (Wildman–Crippen LogP) is 3.91. The van der Waals surface area contributed by atoms with Crippen molar-refractivity contribution in [3.63, 3.8) is 0 Å². The van der Waals surface area contributed by atoms with E-state index in [0.29, 0.717) is 10.0 Å². The van der Waals surface area contributed by atoms with Crippen LogP contribution >= 0.6 is 27.5 Å². The minimum Gasteiger partial charge on any atom is -0.310 e. The summed E-state index contributed by atoms with van der Waals surface area (Å²) in [7, 11) is 0. The van der Waals surface area contributed by atoms with Crippen LogP contribution in [0.2, 0.25) is 5.02 Å². The molecule has 4 heteroatoms. The second-order valence-electron chi connectivity index (χ2n) is 3.04. The van der Waals surface area contributed by atoms with Gasteiger partial charge in [-0.1, -0.05) is 24.6 Å². The molecule has 0 amide bonds. The average molecular weight is 281 g/mol. The van der Waals surface area contributed by atoms with E-state index >= 15 is 0 Å². The first-order valence-electron chi connectivity index (χ1n) is 4.44. The maximum atomic E-state index is 13.6. The Labute approximate surface area is 96.8 Å². The Hall–Kier alpha value is -0.120. The average Bonchev–Trinajstić information content (AvgIpc) is 2.15. The highest BCUT2D eigenvalue weighted by Crippen LogP contribution is 2.30. The van der Waals surface area contributed by atoms with Gasteiger partial charge >= 0.3 is 0 Å². The van der Waals surface area contributed by atoms with Gasteiger partial charge in [0.25, 0.3) is 0 Å². The molecule has 0 aliphatic carbocycles. The van der Waals surface area contributed by atoms with E-state index in [1.54, 1.807) is 12.1 Å². The van der Waals surface area contributed by atoms with E-state index in [1.165, 1.54) is 0 Å². The van der Waals surface area contributed by atoms with Crippen molar-refractivity contribution >= 4 is 27.5 Å². The van der Waals surface area contributed by atoms with Gasteiger partial charge in [0.15, 0.2) is 0 Å². The largest absolute Gasteiger partial charge is 0.310 e. The lowest BCUT2D eigenvalue weighted by atomic mass is 10.1. The van der Waals surface area contributed by atoms with Gasteiger partial charge in [-0.05, 0) is 35.5 Å². The van der Waals surface area contributed by atoms with Crippen molar-refractivity contribution in [2.24, 2.45) is 0 Å². The molecule has 14 heavy (non-hydrogen) atoms. The summed E-state index contributed by atoms with van der Waals surface area (Å²) >= 11 is 8.95. The summed E-state index contributed by atoms with van der Waals surface area (Å²) in [6.07, 6.45) is 0. The van der Waals surface area contributed by atoms with Crippen LogP contribution < -0.4 is 5.32 Å². The van der Waals surface area contributed by atoms with Crippen LogP contribution in [0.15, 0.2) is 16.6 Å². The molecule has 1 rings (SSSR count). The van der Waals surface area contributed by atoms with Crippen molar-refractivity contribution in [1.82, 2.24) is 5.32 Å². The van der Waals surface area contributed by atoms with E-state index in [0.717, 1.165) is 6.54 Å². The predicted molar refractivity (Wildman–Crippen MR) is 61.2 cm³/mol. The molecule has 1 aromatic rings. The zero-order chi connectivity index (χ0) is 10.7. The summed E-state index contributed by atoms with van der Waals surface area (Å²) in [6.45, 7) is 4.69. The first kappa shape index (κ1) is 12.0. The molecule has 0 aromatic heterocycles. The van der Waals surface area contributed by atoms with E-state index in [9.17, 15) is 4.39 Å². The highest BCUT2D eigenvalue weighted by molar-refractivity contribution is 9.10. The number of benzene rings is 1. The molecule has 0 spiro atoms. The van der Waals surface area contributed by atoms with Gasteiger partial charge in [-0.3, -0.25) is 0 Å². The van der Waals surface area contributed by atoms with Gasteiger partial charge in [-0.2, -0.15) is 0 Å². The van der Waals surface area contributed by atoms with Crippen molar-refractivity contribution in [1.29, 1.82) is 0 Å². The maximum absolute atomic E-state index is 13.6. The fraction of sp³-hybridized carbons (Fsp3) is 0.400. The topological polar surface area (TPSA) is 12.0 Å². The van der Waals surface area contributed by atoms with Crippen LogP contribution in [-0.2, 0) is 0 Å². The molecule has 0 radical (unpaired) electrons. The molecule has 0 saturated carbocycles. The highest BCUT2D eigenvalue weighted by atomic mass is 79.9. The third kappa shape index (κ3) is 2.47. The van der Waals surface area contributed by atoms with Crippen molar-refractivity contribution < 1.29 is 4.39 Å². The summed E-state index contributed by atoms with van der Waals surface area (Å²) in [5, 5.41) is 3.28. The van der Waals surface area contributed by atoms with Gasteiger partial charge in [0, 0.05) is 16.1 Å². The van der Waals surface area contributed by atoms with Crippen molar-refractivity contribution in [3.8, 4) is 0 Å². The SMILES string of the molecule is CCNC(C)c1ccc(Br)c(Cl)c1F. The number of nitrogens with one attached hydrogen (secondary N) is 1. The summed E-state index contributed by atoms with van der Waals surface area (Å²) in [6, 6.07) is 3.47. The zero-order valence-corrected chi connectivity index (χ0v) is 10.4. The van der Waals surface area contributed by atoms with E-state index < -0.39 is 0 Å². The Morgan fingerprint density at radius 2 is 2.21 bits per heavy atom. The van der Waals surface area contributed by atoms with E-state index in [2.05, 4.69) is 21.2 Å². The smallest absolute Gasteiger partial charge is 0.147 e. The molecule has 0 bridgehead atoms. The number of halogens is 3. The van der Waals surface area contributed by atoms with Gasteiger partial charge in [0.1, 0.15) is 5.82 Å². The van der Waals surface area contributed by atoms with Crippen LogP contribution in [0.4, 0.5) is 4.39 Å². The minimum absolute atomic E-state index is 0.0226. The number of hydrogen-bond acceptors (Lipinski definition) is 1. The highest BCUT2D eigenvalue weighted by Gasteiger charge is 2.14. The van der Waals surface area contributed by atoms with Crippen LogP contribution in [0.5, 0.6) is 0 Å². The second kappa shape index (κ2) is 5.10. The van der Waals surface area contributed by atoms with Crippen LogP contribution in [-0.4, -0.2) is 6.54 Å². The maximum Gasteiger partial charge on any atom is 0.147 e. The van der Waals surface area contributed by atoms with Crippen LogP contribution in [0.1, 0.15) is 25.5 Å². The third-order valence-electron chi connectivity index (χ3n) is 2.04. The van der Waals surface area contributed by atoms with Gasteiger partial charge in [0.05, 0.1) is 5.02 Å². The van der Waals surface area contributed by atoms with Gasteiger partial charge in [0.2, 0.25) is 0 Å². The Morgan fingerprint density at radius 1 is 1.57 bits per heavy atom. The first-order chi connectivity index (χ1) is 6.57. The van der Waals surface area contributed by atoms with Crippen molar-refractivity contribution in [2.75, 3.05) is 6.54 Å². The fourth-order valence-corrected chi connectivity index (χ4v) is 1.77. The lowest BCUT2D eigenvalue weighted by molar-refractivity contribution is 0.540. The Kier molecular flexibility index (Phi) is 4.35. The molecular formula is C10H12BrClFN. The normalized spacial score (nSPS) is 12.9. The minimum atomic E-state index is -0.352. The molecule has 0 aliphatic rings. The van der Waals surface area contributed by atoms with Crippen molar-refractivity contribution in [2.45, 2.75) is 19.9 Å². The van der Waals surface area contributed by atoms with E-state index in [1.807, 2.05) is 13.8 Å². The lowest BCUT2D eigenvalue weighted by Gasteiger charge is -2.14. The third-order valence-corrected chi connectivity index (χ3v) is 3.30. The molecule has 0 fully saturated rings. The molecule has 0 aliphatic heterocycles. The molecule has 78 valence electrons. The lowest BCUT2D eigenvalue weighted by Crippen LogP contribution is -2.18. The Bertz CT molecular complexity index is 330. The standard InChI is InChI=1S/C10H12BrClFN/c1-3-14-6(2)7-4-5-8(11)9(12)10(7)13/h4-6,14H,3H2,1-2H3. The molecule has 1 N–H and O–H groups in total. The molecular weight excluding hydrogens is 268 g/mol. The summed E-state index contributed by atoms with van der Waals surface area (Å²) in [5.41, 5.74) is 0.597. The summed E-state index contributed by atoms with van der Waals surface area (Å²) in [5.74, 6) is -0.352. The first-order valence-corrected chi connectivity index (χ1v) is 5.61. The van der Waals surface area contributed by atoms with Gasteiger partial charge in [-0.25, -0.2) is 4.39 Å². The van der Waals surface area contributed by atoms with E-state index in [-0.39, 0.29) is 16.9 Å². The second-order valence-corrected chi connectivity index (χ2v) is 4.28. The quantitative estimate of drug-likeness (QED) is 0.828. The Balaban J connectivity index is 3.04.